The van der Waals surface area contributed by atoms with E-state index in [-0.39, 0.29) is 11.5 Å². The predicted octanol–water partition coefficient (Wildman–Crippen LogP) is 4.40. The zero-order valence-electron chi connectivity index (χ0n) is 15.9. The van der Waals surface area contributed by atoms with Crippen LogP contribution in [-0.4, -0.2) is 30.1 Å². The Balaban J connectivity index is 2.00. The van der Waals surface area contributed by atoms with Crippen molar-refractivity contribution in [2.24, 2.45) is 5.73 Å². The van der Waals surface area contributed by atoms with Crippen LogP contribution in [-0.2, 0) is 4.79 Å². The molecular weight excluding hydrogens is 376 g/mol. The molecule has 2 unspecified atom stereocenters. The zero-order valence-corrected chi connectivity index (χ0v) is 16.7. The molecule has 0 spiro atoms. The molecule has 0 bridgehead atoms. The third-order valence-electron chi connectivity index (χ3n) is 5.50. The lowest BCUT2D eigenvalue weighted by atomic mass is 9.81. The number of benzene rings is 2. The Hall–Kier alpha value is -2.53. The highest BCUT2D eigenvalue weighted by Gasteiger charge is 2.30. The van der Waals surface area contributed by atoms with Crippen molar-refractivity contribution in [1.82, 2.24) is 0 Å². The van der Waals surface area contributed by atoms with Gasteiger partial charge in [0.05, 0.1) is 22.2 Å². The van der Waals surface area contributed by atoms with Crippen LogP contribution in [0, 0.1) is 0 Å². The van der Waals surface area contributed by atoms with E-state index in [0.717, 1.165) is 37.2 Å². The van der Waals surface area contributed by atoms with Gasteiger partial charge in [0, 0.05) is 13.1 Å². The number of amides is 1. The van der Waals surface area contributed by atoms with E-state index in [2.05, 4.69) is 4.90 Å². The van der Waals surface area contributed by atoms with Gasteiger partial charge in [-0.2, -0.15) is 0 Å². The van der Waals surface area contributed by atoms with Crippen molar-refractivity contribution in [3.05, 3.63) is 64.2 Å². The van der Waals surface area contributed by atoms with E-state index in [1.165, 1.54) is 18.6 Å². The number of hydrogen-bond donors (Lipinski definition) is 2. The molecule has 0 radical (unpaired) electrons. The lowest BCUT2D eigenvalue weighted by Crippen LogP contribution is -2.32. The van der Waals surface area contributed by atoms with E-state index in [1.807, 2.05) is 25.1 Å². The van der Waals surface area contributed by atoms with Gasteiger partial charge in [0.2, 0.25) is 5.91 Å². The van der Waals surface area contributed by atoms with Crippen molar-refractivity contribution in [3.8, 4) is 0 Å². The fourth-order valence-corrected chi connectivity index (χ4v) is 4.36. The fourth-order valence-electron chi connectivity index (χ4n) is 4.06. The molecule has 1 heterocycles. The molecule has 1 aliphatic rings. The zero-order chi connectivity index (χ0) is 20.3. The summed E-state index contributed by atoms with van der Waals surface area (Å²) >= 11 is 6.57. The predicted molar refractivity (Wildman–Crippen MR) is 111 cm³/mol. The van der Waals surface area contributed by atoms with Gasteiger partial charge in [0.25, 0.3) is 0 Å². The van der Waals surface area contributed by atoms with Gasteiger partial charge in [0.1, 0.15) is 0 Å². The molecule has 1 saturated heterocycles. The quantitative estimate of drug-likeness (QED) is 0.752. The van der Waals surface area contributed by atoms with E-state index < -0.39 is 17.8 Å². The summed E-state index contributed by atoms with van der Waals surface area (Å²) in [5, 5.41) is 9.79. The molecule has 0 aromatic heterocycles. The van der Waals surface area contributed by atoms with Crippen molar-refractivity contribution < 1.29 is 14.7 Å². The maximum atomic E-state index is 12.4. The van der Waals surface area contributed by atoms with E-state index in [1.54, 1.807) is 12.1 Å². The third-order valence-corrected chi connectivity index (χ3v) is 5.81. The Labute approximate surface area is 170 Å². The molecule has 5 nitrogen and oxygen atoms in total. The molecule has 1 fully saturated rings. The number of halogens is 1. The van der Waals surface area contributed by atoms with E-state index >= 15 is 0 Å². The van der Waals surface area contributed by atoms with Crippen LogP contribution < -0.4 is 10.6 Å². The van der Waals surface area contributed by atoms with Gasteiger partial charge in [0.15, 0.2) is 0 Å². The van der Waals surface area contributed by atoms with Gasteiger partial charge < -0.3 is 15.7 Å². The Kier molecular flexibility index (Phi) is 6.25. The van der Waals surface area contributed by atoms with Crippen molar-refractivity contribution in [3.63, 3.8) is 0 Å². The standard InChI is InChI=1S/C22H25ClN2O3/c1-14(19(21(24)26)15-8-10-16(11-9-15)22(27)28)17-6-5-7-18(23)20(17)25-12-3-2-4-13-25/h5-11,14,19H,2-4,12-13H2,1H3,(H2,24,26)(H,27,28). The second kappa shape index (κ2) is 8.65. The van der Waals surface area contributed by atoms with Crippen LogP contribution in [0.3, 0.4) is 0 Å². The number of carboxylic acids is 1. The molecule has 1 amide bonds. The summed E-state index contributed by atoms with van der Waals surface area (Å²) in [5.41, 5.74) is 8.61. The first kappa shape index (κ1) is 20.2. The van der Waals surface area contributed by atoms with Crippen LogP contribution in [0.25, 0.3) is 0 Å². The Morgan fingerprint density at radius 2 is 1.71 bits per heavy atom. The number of aromatic carboxylic acids is 1. The van der Waals surface area contributed by atoms with Gasteiger partial charge in [-0.25, -0.2) is 4.79 Å². The summed E-state index contributed by atoms with van der Waals surface area (Å²) in [6.07, 6.45) is 3.45. The van der Waals surface area contributed by atoms with Crippen molar-refractivity contribution >= 4 is 29.2 Å². The smallest absolute Gasteiger partial charge is 0.335 e. The molecule has 1 aliphatic heterocycles. The highest BCUT2D eigenvalue weighted by atomic mass is 35.5. The molecule has 0 saturated carbocycles. The second-order valence-corrected chi connectivity index (χ2v) is 7.73. The Morgan fingerprint density at radius 1 is 1.07 bits per heavy atom. The SMILES string of the molecule is CC(c1cccc(Cl)c1N1CCCCC1)C(C(N)=O)c1ccc(C(=O)O)cc1. The molecule has 3 rings (SSSR count). The van der Waals surface area contributed by atoms with Gasteiger partial charge in [-0.1, -0.05) is 42.8 Å². The minimum absolute atomic E-state index is 0.177. The molecule has 2 atom stereocenters. The number of carbonyl (C=O) groups is 2. The lowest BCUT2D eigenvalue weighted by Gasteiger charge is -2.34. The van der Waals surface area contributed by atoms with Gasteiger partial charge >= 0.3 is 5.97 Å². The summed E-state index contributed by atoms with van der Waals surface area (Å²) in [6.45, 7) is 3.86. The highest BCUT2D eigenvalue weighted by Crippen LogP contribution is 2.41. The minimum atomic E-state index is -1.00. The number of hydrogen-bond acceptors (Lipinski definition) is 3. The van der Waals surface area contributed by atoms with Crippen molar-refractivity contribution in [1.29, 1.82) is 0 Å². The van der Waals surface area contributed by atoms with E-state index in [9.17, 15) is 9.59 Å². The number of piperidine rings is 1. The molecule has 2 aromatic carbocycles. The molecule has 0 aliphatic carbocycles. The summed E-state index contributed by atoms with van der Waals surface area (Å²) in [5.74, 6) is -2.23. The number of rotatable bonds is 6. The number of nitrogens with zero attached hydrogens (tertiary/aromatic N) is 1. The number of para-hydroxylation sites is 1. The fraction of sp³-hybridized carbons (Fsp3) is 0.364. The lowest BCUT2D eigenvalue weighted by molar-refractivity contribution is -0.119. The third kappa shape index (κ3) is 4.14. The molecule has 148 valence electrons. The first-order valence-electron chi connectivity index (χ1n) is 9.56. The van der Waals surface area contributed by atoms with Crippen molar-refractivity contribution in [2.45, 2.75) is 38.0 Å². The monoisotopic (exact) mass is 400 g/mol. The summed E-state index contributed by atoms with van der Waals surface area (Å²) in [4.78, 5) is 25.8. The van der Waals surface area contributed by atoms with Crippen LogP contribution in [0.15, 0.2) is 42.5 Å². The summed E-state index contributed by atoms with van der Waals surface area (Å²) in [7, 11) is 0. The molecular formula is C22H25ClN2O3. The Morgan fingerprint density at radius 3 is 2.29 bits per heavy atom. The summed E-state index contributed by atoms with van der Waals surface area (Å²) < 4.78 is 0. The van der Waals surface area contributed by atoms with Crippen LogP contribution in [0.1, 0.15) is 59.5 Å². The normalized spacial score (nSPS) is 16.4. The van der Waals surface area contributed by atoms with E-state index in [0.29, 0.717) is 10.6 Å². The number of carbonyl (C=O) groups excluding carboxylic acids is 1. The Bertz CT molecular complexity index is 861. The maximum absolute atomic E-state index is 12.4. The molecule has 3 N–H and O–H groups in total. The first-order chi connectivity index (χ1) is 13.4. The number of nitrogens with two attached hydrogens (primary N) is 1. The average Bonchev–Trinajstić information content (AvgIpc) is 2.68. The summed E-state index contributed by atoms with van der Waals surface area (Å²) in [6, 6.07) is 12.1. The van der Waals surface area contributed by atoms with Crippen LogP contribution in [0.4, 0.5) is 5.69 Å². The van der Waals surface area contributed by atoms with E-state index in [4.69, 9.17) is 22.4 Å². The topological polar surface area (TPSA) is 83.6 Å². The average molecular weight is 401 g/mol. The molecule has 2 aromatic rings. The maximum Gasteiger partial charge on any atom is 0.335 e. The molecule has 6 heteroatoms. The molecule has 28 heavy (non-hydrogen) atoms. The number of carboxylic acid groups (broad SMARTS) is 1. The van der Waals surface area contributed by atoms with Crippen molar-refractivity contribution in [2.75, 3.05) is 18.0 Å². The van der Waals surface area contributed by atoms with Gasteiger partial charge in [-0.15, -0.1) is 0 Å². The minimum Gasteiger partial charge on any atom is -0.478 e. The van der Waals surface area contributed by atoms with Crippen LogP contribution >= 0.6 is 11.6 Å². The van der Waals surface area contributed by atoms with Crippen LogP contribution in [0.5, 0.6) is 0 Å². The highest BCUT2D eigenvalue weighted by molar-refractivity contribution is 6.33. The number of primary amides is 1. The number of anilines is 1. The van der Waals surface area contributed by atoms with Crippen LogP contribution in [0.2, 0.25) is 5.02 Å². The second-order valence-electron chi connectivity index (χ2n) is 7.32. The largest absolute Gasteiger partial charge is 0.478 e. The van der Waals surface area contributed by atoms with Gasteiger partial charge in [-0.05, 0) is 54.5 Å². The van der Waals surface area contributed by atoms with Gasteiger partial charge in [-0.3, -0.25) is 4.79 Å². The first-order valence-corrected chi connectivity index (χ1v) is 9.94.